The van der Waals surface area contributed by atoms with Gasteiger partial charge in [-0.25, -0.2) is 0 Å². The highest BCUT2D eigenvalue weighted by Gasteiger charge is 2.36. The Morgan fingerprint density at radius 2 is 2.43 bits per heavy atom. The monoisotopic (exact) mass is 209 g/mol. The van der Waals surface area contributed by atoms with Gasteiger partial charge in [0.05, 0.1) is 0 Å². The van der Waals surface area contributed by atoms with Gasteiger partial charge in [-0.1, -0.05) is 20.3 Å². The Bertz CT molecular complexity index is 318. The second-order valence-electron chi connectivity index (χ2n) is 4.45. The molecule has 2 unspecified atom stereocenters. The fourth-order valence-corrected chi connectivity index (χ4v) is 3.37. The van der Waals surface area contributed by atoms with E-state index in [2.05, 4.69) is 37.5 Å². The lowest BCUT2D eigenvalue weighted by atomic mass is 9.77. The Balaban J connectivity index is 2.39. The summed E-state index contributed by atoms with van der Waals surface area (Å²) >= 11 is 1.92. The molecule has 0 fully saturated rings. The van der Waals surface area contributed by atoms with E-state index in [9.17, 15) is 0 Å². The van der Waals surface area contributed by atoms with Gasteiger partial charge in [0, 0.05) is 17.0 Å². The van der Waals surface area contributed by atoms with Crippen molar-refractivity contribution in [1.29, 1.82) is 0 Å². The number of nitrogens with one attached hydrogen (secondary N) is 1. The maximum Gasteiger partial charge on any atom is 0.0443 e. The van der Waals surface area contributed by atoms with E-state index >= 15 is 0 Å². The average Bonchev–Trinajstić information content (AvgIpc) is 2.66. The Morgan fingerprint density at radius 3 is 3.14 bits per heavy atom. The van der Waals surface area contributed by atoms with Gasteiger partial charge >= 0.3 is 0 Å². The molecule has 1 aromatic rings. The van der Waals surface area contributed by atoms with E-state index in [1.165, 1.54) is 12.8 Å². The van der Waals surface area contributed by atoms with Gasteiger partial charge in [-0.05, 0) is 36.3 Å². The third-order valence-corrected chi connectivity index (χ3v) is 4.73. The standard InChI is InChI=1S/C12H19NS/c1-4-9(2)12(3)10-6-8-14-11(10)5-7-13-12/h6,8-9,13H,4-5,7H2,1-3H3. The lowest BCUT2D eigenvalue weighted by Crippen LogP contribution is -2.48. The van der Waals surface area contributed by atoms with Gasteiger partial charge in [-0.3, -0.25) is 0 Å². The van der Waals surface area contributed by atoms with Gasteiger partial charge in [0.25, 0.3) is 0 Å². The van der Waals surface area contributed by atoms with Gasteiger partial charge in [-0.2, -0.15) is 0 Å². The number of hydrogen-bond acceptors (Lipinski definition) is 2. The summed E-state index contributed by atoms with van der Waals surface area (Å²) in [6, 6.07) is 2.30. The van der Waals surface area contributed by atoms with Crippen LogP contribution in [0.3, 0.4) is 0 Å². The van der Waals surface area contributed by atoms with Crippen molar-refractivity contribution in [2.75, 3.05) is 6.54 Å². The normalized spacial score (nSPS) is 28.5. The zero-order valence-corrected chi connectivity index (χ0v) is 10.1. The van der Waals surface area contributed by atoms with Gasteiger partial charge < -0.3 is 5.32 Å². The van der Waals surface area contributed by atoms with Crippen molar-refractivity contribution in [2.24, 2.45) is 5.92 Å². The zero-order valence-electron chi connectivity index (χ0n) is 9.26. The molecule has 0 saturated heterocycles. The lowest BCUT2D eigenvalue weighted by molar-refractivity contribution is 0.232. The molecule has 2 heterocycles. The molecule has 0 spiro atoms. The summed E-state index contributed by atoms with van der Waals surface area (Å²) in [5.74, 6) is 0.705. The predicted octanol–water partition coefficient (Wildman–Crippen LogP) is 3.16. The van der Waals surface area contributed by atoms with Crippen molar-refractivity contribution >= 4 is 11.3 Å². The molecule has 0 saturated carbocycles. The summed E-state index contributed by atoms with van der Waals surface area (Å²) in [4.78, 5) is 1.59. The van der Waals surface area contributed by atoms with Crippen LogP contribution in [-0.4, -0.2) is 6.54 Å². The minimum atomic E-state index is 0.211. The summed E-state index contributed by atoms with van der Waals surface area (Å²) in [7, 11) is 0. The van der Waals surface area contributed by atoms with E-state index in [-0.39, 0.29) is 5.54 Å². The largest absolute Gasteiger partial charge is 0.307 e. The first-order valence-electron chi connectivity index (χ1n) is 5.50. The SMILES string of the molecule is CCC(C)C1(C)NCCc2sccc21. The van der Waals surface area contributed by atoms with E-state index in [4.69, 9.17) is 0 Å². The fraction of sp³-hybridized carbons (Fsp3) is 0.667. The molecular weight excluding hydrogens is 190 g/mol. The molecule has 0 amide bonds. The molecule has 1 nitrogen and oxygen atoms in total. The molecule has 14 heavy (non-hydrogen) atoms. The minimum Gasteiger partial charge on any atom is -0.307 e. The third kappa shape index (κ3) is 1.41. The van der Waals surface area contributed by atoms with E-state index in [1.54, 1.807) is 10.4 Å². The summed E-state index contributed by atoms with van der Waals surface area (Å²) in [5.41, 5.74) is 1.76. The van der Waals surface area contributed by atoms with Crippen molar-refractivity contribution in [1.82, 2.24) is 5.32 Å². The maximum absolute atomic E-state index is 3.70. The molecule has 1 aliphatic rings. The number of fused-ring (bicyclic) bond motifs is 1. The van der Waals surface area contributed by atoms with Crippen LogP contribution in [0.1, 0.15) is 37.6 Å². The second-order valence-corrected chi connectivity index (χ2v) is 5.45. The highest BCUT2D eigenvalue weighted by atomic mass is 32.1. The minimum absolute atomic E-state index is 0.211. The first-order valence-corrected chi connectivity index (χ1v) is 6.38. The molecule has 1 aromatic heterocycles. The van der Waals surface area contributed by atoms with Crippen LogP contribution in [0, 0.1) is 5.92 Å². The topological polar surface area (TPSA) is 12.0 Å². The van der Waals surface area contributed by atoms with Gasteiger partial charge in [-0.15, -0.1) is 11.3 Å². The van der Waals surface area contributed by atoms with Crippen molar-refractivity contribution < 1.29 is 0 Å². The summed E-state index contributed by atoms with van der Waals surface area (Å²) in [6.07, 6.45) is 2.44. The maximum atomic E-state index is 3.70. The number of thiophene rings is 1. The van der Waals surface area contributed by atoms with Crippen LogP contribution < -0.4 is 5.32 Å². The molecule has 1 N–H and O–H groups in total. The van der Waals surface area contributed by atoms with Crippen LogP contribution in [0.15, 0.2) is 11.4 Å². The first-order chi connectivity index (χ1) is 6.68. The van der Waals surface area contributed by atoms with Crippen molar-refractivity contribution in [3.8, 4) is 0 Å². The average molecular weight is 209 g/mol. The summed E-state index contributed by atoms with van der Waals surface area (Å²) in [5, 5.41) is 5.93. The van der Waals surface area contributed by atoms with Crippen LogP contribution in [0.5, 0.6) is 0 Å². The Morgan fingerprint density at radius 1 is 1.64 bits per heavy atom. The Hall–Kier alpha value is -0.340. The molecule has 0 aromatic carbocycles. The highest BCUT2D eigenvalue weighted by Crippen LogP contribution is 2.38. The molecular formula is C12H19NS. The quantitative estimate of drug-likeness (QED) is 0.789. The van der Waals surface area contributed by atoms with Gasteiger partial charge in [0.2, 0.25) is 0 Å². The Kier molecular flexibility index (Phi) is 2.67. The van der Waals surface area contributed by atoms with E-state index in [1.807, 2.05) is 11.3 Å². The molecule has 0 radical (unpaired) electrons. The van der Waals surface area contributed by atoms with E-state index < -0.39 is 0 Å². The first kappa shape index (κ1) is 10.2. The molecule has 1 aliphatic heterocycles. The molecule has 2 rings (SSSR count). The molecule has 0 aliphatic carbocycles. The summed E-state index contributed by atoms with van der Waals surface area (Å²) in [6.45, 7) is 8.11. The van der Waals surface area contributed by atoms with Crippen LogP contribution in [0.25, 0.3) is 0 Å². The van der Waals surface area contributed by atoms with Crippen molar-refractivity contribution in [3.63, 3.8) is 0 Å². The molecule has 78 valence electrons. The van der Waals surface area contributed by atoms with E-state index in [0.29, 0.717) is 5.92 Å². The molecule has 2 atom stereocenters. The highest BCUT2D eigenvalue weighted by molar-refractivity contribution is 7.10. The van der Waals surface area contributed by atoms with Crippen molar-refractivity contribution in [2.45, 2.75) is 39.2 Å². The predicted molar refractivity (Wildman–Crippen MR) is 62.8 cm³/mol. The van der Waals surface area contributed by atoms with Crippen LogP contribution in [-0.2, 0) is 12.0 Å². The second kappa shape index (κ2) is 3.67. The smallest absolute Gasteiger partial charge is 0.0443 e. The van der Waals surface area contributed by atoms with Crippen LogP contribution in [0.4, 0.5) is 0 Å². The van der Waals surface area contributed by atoms with Gasteiger partial charge in [0.15, 0.2) is 0 Å². The molecule has 0 bridgehead atoms. The number of hydrogen-bond donors (Lipinski definition) is 1. The van der Waals surface area contributed by atoms with E-state index in [0.717, 1.165) is 6.54 Å². The van der Waals surface area contributed by atoms with Crippen LogP contribution in [0.2, 0.25) is 0 Å². The van der Waals surface area contributed by atoms with Crippen LogP contribution >= 0.6 is 11.3 Å². The number of rotatable bonds is 2. The third-order valence-electron chi connectivity index (χ3n) is 3.75. The summed E-state index contributed by atoms with van der Waals surface area (Å²) < 4.78 is 0. The zero-order chi connectivity index (χ0) is 10.2. The van der Waals surface area contributed by atoms with Crippen molar-refractivity contribution in [3.05, 3.63) is 21.9 Å². The molecule has 2 heteroatoms. The lowest BCUT2D eigenvalue weighted by Gasteiger charge is -2.40. The fourth-order valence-electron chi connectivity index (χ4n) is 2.38. The Labute approximate surface area is 90.5 Å². The van der Waals surface area contributed by atoms with Gasteiger partial charge in [0.1, 0.15) is 0 Å².